The molecule has 5 heteroatoms. The minimum atomic E-state index is -0.401. The van der Waals surface area contributed by atoms with Gasteiger partial charge in [-0.05, 0) is 18.2 Å². The molecule has 0 atom stereocenters. The summed E-state index contributed by atoms with van der Waals surface area (Å²) in [4.78, 5) is 3.94. The molecule has 0 saturated carbocycles. The Hall–Kier alpha value is -1.81. The maximum atomic E-state index is 13.4. The smallest absolute Gasteiger partial charge is 0.215 e. The molecule has 0 aliphatic carbocycles. The lowest BCUT2D eigenvalue weighted by Crippen LogP contribution is -2.01. The van der Waals surface area contributed by atoms with Crippen molar-refractivity contribution in [1.29, 1.82) is 0 Å². The Labute approximate surface area is 103 Å². The number of pyridine rings is 1. The third-order valence-electron chi connectivity index (χ3n) is 2.14. The lowest BCUT2D eigenvalue weighted by Gasteiger charge is -2.06. The highest BCUT2D eigenvalue weighted by Crippen LogP contribution is 2.17. The van der Waals surface area contributed by atoms with Crippen molar-refractivity contribution in [3.05, 3.63) is 52.8 Å². The van der Waals surface area contributed by atoms with Crippen LogP contribution in [0.15, 0.2) is 36.4 Å². The highest BCUT2D eigenvalue weighted by atomic mass is 35.5. The van der Waals surface area contributed by atoms with Crippen LogP contribution < -0.4 is 10.5 Å². The summed E-state index contributed by atoms with van der Waals surface area (Å²) in [5.74, 6) is 0.319. The fourth-order valence-electron chi connectivity index (χ4n) is 1.30. The van der Waals surface area contributed by atoms with E-state index in [0.717, 1.165) is 0 Å². The molecule has 1 heterocycles. The minimum absolute atomic E-state index is 0.0828. The molecule has 1 aromatic heterocycles. The molecule has 3 nitrogen and oxygen atoms in total. The van der Waals surface area contributed by atoms with E-state index in [2.05, 4.69) is 4.98 Å². The van der Waals surface area contributed by atoms with Crippen molar-refractivity contribution in [1.82, 2.24) is 4.98 Å². The summed E-state index contributed by atoms with van der Waals surface area (Å²) in [5.41, 5.74) is 5.91. The van der Waals surface area contributed by atoms with Gasteiger partial charge in [-0.25, -0.2) is 4.39 Å². The van der Waals surface area contributed by atoms with Crippen molar-refractivity contribution < 1.29 is 9.13 Å². The second kappa shape index (κ2) is 5.01. The quantitative estimate of drug-likeness (QED) is 0.913. The van der Waals surface area contributed by atoms with Gasteiger partial charge in [0.05, 0.1) is 0 Å². The van der Waals surface area contributed by atoms with Gasteiger partial charge >= 0.3 is 0 Å². The van der Waals surface area contributed by atoms with Gasteiger partial charge < -0.3 is 10.5 Å². The van der Waals surface area contributed by atoms with E-state index < -0.39 is 5.82 Å². The van der Waals surface area contributed by atoms with E-state index in [0.29, 0.717) is 22.3 Å². The SMILES string of the molecule is Nc1cccc(OCc2ccc(Cl)cc2F)n1. The first-order valence-electron chi connectivity index (χ1n) is 4.94. The summed E-state index contributed by atoms with van der Waals surface area (Å²) in [6, 6.07) is 9.45. The molecule has 0 saturated heterocycles. The maximum absolute atomic E-state index is 13.4. The summed E-state index contributed by atoms with van der Waals surface area (Å²) in [5, 5.41) is 0.355. The van der Waals surface area contributed by atoms with Gasteiger partial charge in [-0.3, -0.25) is 0 Å². The third-order valence-corrected chi connectivity index (χ3v) is 2.37. The van der Waals surface area contributed by atoms with E-state index in [4.69, 9.17) is 22.1 Å². The molecular formula is C12H10ClFN2O. The summed E-state index contributed by atoms with van der Waals surface area (Å²) < 4.78 is 18.7. The molecule has 0 bridgehead atoms. The van der Waals surface area contributed by atoms with Crippen molar-refractivity contribution >= 4 is 17.4 Å². The van der Waals surface area contributed by atoms with Crippen LogP contribution in [0.3, 0.4) is 0 Å². The van der Waals surface area contributed by atoms with E-state index in [-0.39, 0.29) is 6.61 Å². The summed E-state index contributed by atoms with van der Waals surface area (Å²) in [6.45, 7) is 0.0828. The molecule has 0 aliphatic heterocycles. The van der Waals surface area contributed by atoms with Gasteiger partial charge in [-0.15, -0.1) is 0 Å². The number of nitrogens with two attached hydrogens (primary N) is 1. The van der Waals surface area contributed by atoms with Crippen LogP contribution in [-0.4, -0.2) is 4.98 Å². The predicted molar refractivity (Wildman–Crippen MR) is 64.4 cm³/mol. The fourth-order valence-corrected chi connectivity index (χ4v) is 1.46. The largest absolute Gasteiger partial charge is 0.473 e. The monoisotopic (exact) mass is 252 g/mol. The van der Waals surface area contributed by atoms with Gasteiger partial charge in [0, 0.05) is 16.7 Å². The molecule has 0 radical (unpaired) electrons. The van der Waals surface area contributed by atoms with Crippen LogP contribution in [0.5, 0.6) is 5.88 Å². The normalized spacial score (nSPS) is 10.2. The zero-order chi connectivity index (χ0) is 12.3. The second-order valence-electron chi connectivity index (χ2n) is 3.43. The predicted octanol–water partition coefficient (Wildman–Crippen LogP) is 3.04. The van der Waals surface area contributed by atoms with Crippen LogP contribution >= 0.6 is 11.6 Å². The van der Waals surface area contributed by atoms with Gasteiger partial charge in [-0.1, -0.05) is 23.7 Å². The Morgan fingerprint density at radius 3 is 2.82 bits per heavy atom. The zero-order valence-electron chi connectivity index (χ0n) is 8.86. The van der Waals surface area contributed by atoms with E-state index in [1.165, 1.54) is 6.07 Å². The van der Waals surface area contributed by atoms with Crippen molar-refractivity contribution in [2.24, 2.45) is 0 Å². The van der Waals surface area contributed by atoms with Crippen LogP contribution in [-0.2, 0) is 6.61 Å². The molecule has 1 aromatic carbocycles. The van der Waals surface area contributed by atoms with Crippen molar-refractivity contribution in [3.8, 4) is 5.88 Å². The van der Waals surface area contributed by atoms with Crippen molar-refractivity contribution in [3.63, 3.8) is 0 Å². The minimum Gasteiger partial charge on any atom is -0.473 e. The number of nitrogen functional groups attached to an aromatic ring is 1. The molecule has 17 heavy (non-hydrogen) atoms. The molecular weight excluding hydrogens is 243 g/mol. The van der Waals surface area contributed by atoms with Gasteiger partial charge in [0.2, 0.25) is 5.88 Å². The Bertz CT molecular complexity index is 534. The first-order chi connectivity index (χ1) is 8.15. The second-order valence-corrected chi connectivity index (χ2v) is 3.86. The lowest BCUT2D eigenvalue weighted by atomic mass is 10.2. The molecule has 0 aliphatic rings. The lowest BCUT2D eigenvalue weighted by molar-refractivity contribution is 0.288. The van der Waals surface area contributed by atoms with Crippen molar-refractivity contribution in [2.45, 2.75) is 6.61 Å². The molecule has 0 unspecified atom stereocenters. The Morgan fingerprint density at radius 1 is 1.29 bits per heavy atom. The average molecular weight is 253 g/mol. The molecule has 0 fully saturated rings. The van der Waals surface area contributed by atoms with Gasteiger partial charge in [0.15, 0.2) is 0 Å². The third kappa shape index (κ3) is 3.07. The summed E-state index contributed by atoms with van der Waals surface area (Å²) in [6.07, 6.45) is 0. The average Bonchev–Trinajstić information content (AvgIpc) is 2.28. The molecule has 2 rings (SSSR count). The van der Waals surface area contributed by atoms with E-state index in [9.17, 15) is 4.39 Å². The number of aromatic nitrogens is 1. The highest BCUT2D eigenvalue weighted by Gasteiger charge is 2.04. The Morgan fingerprint density at radius 2 is 2.12 bits per heavy atom. The number of rotatable bonds is 3. The van der Waals surface area contributed by atoms with Crippen LogP contribution in [0.1, 0.15) is 5.56 Å². The number of nitrogens with zero attached hydrogens (tertiary/aromatic N) is 1. The number of benzene rings is 1. The van der Waals surface area contributed by atoms with Gasteiger partial charge in [-0.2, -0.15) is 4.98 Å². The van der Waals surface area contributed by atoms with E-state index >= 15 is 0 Å². The van der Waals surface area contributed by atoms with Gasteiger partial charge in [0.1, 0.15) is 18.2 Å². The first-order valence-corrected chi connectivity index (χ1v) is 5.32. The van der Waals surface area contributed by atoms with Crippen molar-refractivity contribution in [2.75, 3.05) is 5.73 Å². The Balaban J connectivity index is 2.07. The molecule has 88 valence electrons. The van der Waals surface area contributed by atoms with Crippen LogP contribution in [0.2, 0.25) is 5.02 Å². The Kier molecular flexibility index (Phi) is 3.44. The number of anilines is 1. The summed E-state index contributed by atoms with van der Waals surface area (Å²) in [7, 11) is 0. The van der Waals surface area contributed by atoms with Crippen LogP contribution in [0, 0.1) is 5.82 Å². The number of ether oxygens (including phenoxy) is 1. The molecule has 2 N–H and O–H groups in total. The maximum Gasteiger partial charge on any atom is 0.215 e. The number of halogens is 2. The molecule has 2 aromatic rings. The summed E-state index contributed by atoms with van der Waals surface area (Å²) >= 11 is 5.65. The van der Waals surface area contributed by atoms with E-state index in [1.807, 2.05) is 0 Å². The van der Waals surface area contributed by atoms with Crippen LogP contribution in [0.25, 0.3) is 0 Å². The fraction of sp³-hybridized carbons (Fsp3) is 0.0833. The highest BCUT2D eigenvalue weighted by molar-refractivity contribution is 6.30. The topological polar surface area (TPSA) is 48.1 Å². The molecule has 0 spiro atoms. The standard InChI is InChI=1S/C12H10ClFN2O/c13-9-5-4-8(10(14)6-9)7-17-12-3-1-2-11(15)16-12/h1-6H,7H2,(H2,15,16). The van der Waals surface area contributed by atoms with Gasteiger partial charge in [0.25, 0.3) is 0 Å². The van der Waals surface area contributed by atoms with E-state index in [1.54, 1.807) is 30.3 Å². The zero-order valence-corrected chi connectivity index (χ0v) is 9.62. The number of hydrogen-bond acceptors (Lipinski definition) is 3. The molecule has 0 amide bonds. The number of hydrogen-bond donors (Lipinski definition) is 1. The first kappa shape index (κ1) is 11.7. The van der Waals surface area contributed by atoms with Crippen LogP contribution in [0.4, 0.5) is 10.2 Å².